The van der Waals surface area contributed by atoms with E-state index in [0.29, 0.717) is 23.9 Å². The van der Waals surface area contributed by atoms with Crippen LogP contribution < -0.4 is 10.1 Å². The molecule has 2 aromatic heterocycles. The fourth-order valence-corrected chi connectivity index (χ4v) is 2.66. The topological polar surface area (TPSA) is 72.3 Å². The van der Waals surface area contributed by atoms with Crippen molar-refractivity contribution in [2.45, 2.75) is 6.54 Å². The smallest absolute Gasteiger partial charge is 0.321 e. The zero-order valence-corrected chi connectivity index (χ0v) is 16.0. The van der Waals surface area contributed by atoms with E-state index in [-0.39, 0.29) is 6.03 Å². The highest BCUT2D eigenvalue weighted by molar-refractivity contribution is 9.10. The number of rotatable bonds is 5. The quantitative estimate of drug-likeness (QED) is 0.682. The van der Waals surface area contributed by atoms with Crippen LogP contribution in [-0.2, 0) is 13.6 Å². The molecule has 0 aliphatic rings. The lowest BCUT2D eigenvalue weighted by molar-refractivity contribution is 0.220. The van der Waals surface area contributed by atoms with Gasteiger partial charge in [0.1, 0.15) is 5.75 Å². The Labute approximate surface area is 159 Å². The average molecular weight is 416 g/mol. The van der Waals surface area contributed by atoms with Crippen molar-refractivity contribution in [1.82, 2.24) is 19.7 Å². The molecule has 0 saturated carbocycles. The van der Waals surface area contributed by atoms with Crippen LogP contribution in [-0.4, -0.2) is 32.7 Å². The lowest BCUT2D eigenvalue weighted by atomic mass is 10.3. The molecule has 3 aromatic rings. The minimum absolute atomic E-state index is 0.226. The average Bonchev–Trinajstić information content (AvgIpc) is 3.01. The number of pyridine rings is 1. The number of hydrogen-bond donors (Lipinski definition) is 1. The van der Waals surface area contributed by atoms with Gasteiger partial charge in [-0.2, -0.15) is 5.10 Å². The third-order valence-corrected chi connectivity index (χ3v) is 4.02. The molecule has 0 atom stereocenters. The fraction of sp³-hybridized carbons (Fsp3) is 0.167. The number of anilines is 1. The number of hydrogen-bond acceptors (Lipinski definition) is 4. The lowest BCUT2D eigenvalue weighted by Crippen LogP contribution is -2.30. The highest BCUT2D eigenvalue weighted by Crippen LogP contribution is 2.23. The third kappa shape index (κ3) is 4.82. The van der Waals surface area contributed by atoms with Crippen LogP contribution in [0.4, 0.5) is 10.5 Å². The molecule has 0 aliphatic heterocycles. The number of benzene rings is 1. The molecule has 0 spiro atoms. The molecule has 26 heavy (non-hydrogen) atoms. The summed E-state index contributed by atoms with van der Waals surface area (Å²) in [5.74, 6) is 1.13. The first-order valence-corrected chi connectivity index (χ1v) is 8.68. The number of halogens is 1. The number of amides is 2. The second-order valence-electron chi connectivity index (χ2n) is 5.75. The van der Waals surface area contributed by atoms with Crippen molar-refractivity contribution in [2.24, 2.45) is 7.05 Å². The standard InChI is InChI=1S/C18H18BrN5O2/c1-23(11-13-9-21-24(2)12-13)18(25)22-15-6-7-17(20-10-15)26-16-5-3-4-14(19)8-16/h3-10,12H,11H2,1-2H3,(H,22,25). The van der Waals surface area contributed by atoms with Crippen LogP contribution >= 0.6 is 15.9 Å². The number of aromatic nitrogens is 3. The van der Waals surface area contributed by atoms with Gasteiger partial charge in [-0.1, -0.05) is 22.0 Å². The van der Waals surface area contributed by atoms with E-state index in [9.17, 15) is 4.79 Å². The number of aryl methyl sites for hydroxylation is 1. The first-order chi connectivity index (χ1) is 12.5. The number of ether oxygens (including phenoxy) is 1. The van der Waals surface area contributed by atoms with Gasteiger partial charge in [-0.25, -0.2) is 9.78 Å². The summed E-state index contributed by atoms with van der Waals surface area (Å²) in [6, 6.07) is 10.7. The summed E-state index contributed by atoms with van der Waals surface area (Å²) in [5, 5.41) is 6.90. The molecule has 0 unspecified atom stereocenters. The van der Waals surface area contributed by atoms with Crippen molar-refractivity contribution in [1.29, 1.82) is 0 Å². The largest absolute Gasteiger partial charge is 0.439 e. The molecule has 0 saturated heterocycles. The summed E-state index contributed by atoms with van der Waals surface area (Å²) in [7, 11) is 3.56. The van der Waals surface area contributed by atoms with Gasteiger partial charge in [-0.15, -0.1) is 0 Å². The maximum atomic E-state index is 12.3. The number of nitrogens with one attached hydrogen (secondary N) is 1. The van der Waals surface area contributed by atoms with E-state index in [1.807, 2.05) is 37.5 Å². The van der Waals surface area contributed by atoms with E-state index in [0.717, 1.165) is 10.0 Å². The second kappa shape index (κ2) is 8.01. The predicted molar refractivity (Wildman–Crippen MR) is 102 cm³/mol. The molecule has 134 valence electrons. The summed E-state index contributed by atoms with van der Waals surface area (Å²) in [4.78, 5) is 18.1. The first kappa shape index (κ1) is 17.9. The zero-order chi connectivity index (χ0) is 18.5. The Kier molecular flexibility index (Phi) is 5.52. The lowest BCUT2D eigenvalue weighted by Gasteiger charge is -2.17. The highest BCUT2D eigenvalue weighted by atomic mass is 79.9. The predicted octanol–water partition coefficient (Wildman–Crippen LogP) is 4.03. The fourth-order valence-electron chi connectivity index (χ4n) is 2.28. The summed E-state index contributed by atoms with van der Waals surface area (Å²) < 4.78 is 8.30. The molecular weight excluding hydrogens is 398 g/mol. The molecule has 3 rings (SSSR count). The summed E-state index contributed by atoms with van der Waals surface area (Å²) in [6.07, 6.45) is 5.17. The molecule has 0 fully saturated rings. The molecule has 0 aliphatic carbocycles. The van der Waals surface area contributed by atoms with Crippen molar-refractivity contribution in [2.75, 3.05) is 12.4 Å². The molecule has 7 nitrogen and oxygen atoms in total. The van der Waals surface area contributed by atoms with E-state index < -0.39 is 0 Å². The summed E-state index contributed by atoms with van der Waals surface area (Å²) in [6.45, 7) is 0.469. The Balaban J connectivity index is 1.57. The summed E-state index contributed by atoms with van der Waals surface area (Å²) in [5.41, 5.74) is 1.55. The van der Waals surface area contributed by atoms with E-state index in [4.69, 9.17) is 4.74 Å². The van der Waals surface area contributed by atoms with E-state index >= 15 is 0 Å². The van der Waals surface area contributed by atoms with Crippen LogP contribution in [0.3, 0.4) is 0 Å². The van der Waals surface area contributed by atoms with Gasteiger partial charge in [0.25, 0.3) is 0 Å². The molecule has 2 amide bonds. The van der Waals surface area contributed by atoms with E-state index in [1.165, 1.54) is 0 Å². The number of carbonyl (C=O) groups is 1. The van der Waals surface area contributed by atoms with Gasteiger partial charge in [0.05, 0.1) is 24.6 Å². The van der Waals surface area contributed by atoms with Gasteiger partial charge < -0.3 is 15.0 Å². The Morgan fingerprint density at radius 3 is 2.81 bits per heavy atom. The van der Waals surface area contributed by atoms with Gasteiger partial charge in [-0.3, -0.25) is 4.68 Å². The van der Waals surface area contributed by atoms with Crippen LogP contribution in [0.15, 0.2) is 59.5 Å². The maximum Gasteiger partial charge on any atom is 0.321 e. The van der Waals surface area contributed by atoms with Crippen LogP contribution in [0.25, 0.3) is 0 Å². The normalized spacial score (nSPS) is 10.4. The first-order valence-electron chi connectivity index (χ1n) is 7.89. The number of nitrogens with zero attached hydrogens (tertiary/aromatic N) is 4. The minimum atomic E-state index is -0.226. The number of urea groups is 1. The van der Waals surface area contributed by atoms with Crippen molar-refractivity contribution in [3.05, 3.63) is 65.0 Å². The maximum absolute atomic E-state index is 12.3. The van der Waals surface area contributed by atoms with Crippen molar-refractivity contribution < 1.29 is 9.53 Å². The van der Waals surface area contributed by atoms with Crippen LogP contribution in [0.2, 0.25) is 0 Å². The second-order valence-corrected chi connectivity index (χ2v) is 6.67. The Morgan fingerprint density at radius 2 is 2.15 bits per heavy atom. The molecule has 1 aromatic carbocycles. The van der Waals surface area contributed by atoms with Gasteiger partial charge in [0.2, 0.25) is 5.88 Å². The van der Waals surface area contributed by atoms with E-state index in [2.05, 4.69) is 31.3 Å². The Hall–Kier alpha value is -2.87. The number of carbonyl (C=O) groups excluding carboxylic acids is 1. The van der Waals surface area contributed by atoms with Crippen LogP contribution in [0, 0.1) is 0 Å². The van der Waals surface area contributed by atoms with Crippen LogP contribution in [0.1, 0.15) is 5.56 Å². The third-order valence-electron chi connectivity index (χ3n) is 3.53. The van der Waals surface area contributed by atoms with Crippen LogP contribution in [0.5, 0.6) is 11.6 Å². The van der Waals surface area contributed by atoms with Gasteiger partial charge in [0.15, 0.2) is 0 Å². The molecule has 2 heterocycles. The van der Waals surface area contributed by atoms with Gasteiger partial charge in [0, 0.05) is 36.4 Å². The summed E-state index contributed by atoms with van der Waals surface area (Å²) >= 11 is 3.39. The molecule has 0 radical (unpaired) electrons. The zero-order valence-electron chi connectivity index (χ0n) is 14.4. The molecular formula is C18H18BrN5O2. The van der Waals surface area contributed by atoms with Crippen molar-refractivity contribution in [3.8, 4) is 11.6 Å². The van der Waals surface area contributed by atoms with Gasteiger partial charge in [-0.05, 0) is 24.3 Å². The van der Waals surface area contributed by atoms with E-state index in [1.54, 1.807) is 41.2 Å². The minimum Gasteiger partial charge on any atom is -0.439 e. The Bertz CT molecular complexity index is 895. The van der Waals surface area contributed by atoms with Crippen molar-refractivity contribution >= 4 is 27.6 Å². The molecule has 8 heteroatoms. The Morgan fingerprint density at radius 1 is 1.31 bits per heavy atom. The highest BCUT2D eigenvalue weighted by Gasteiger charge is 2.11. The monoisotopic (exact) mass is 415 g/mol. The molecule has 1 N–H and O–H groups in total. The molecule has 0 bridgehead atoms. The SMILES string of the molecule is CN(Cc1cnn(C)c1)C(=O)Nc1ccc(Oc2cccc(Br)c2)nc1. The van der Waals surface area contributed by atoms with Crippen molar-refractivity contribution in [3.63, 3.8) is 0 Å². The van der Waals surface area contributed by atoms with Gasteiger partial charge >= 0.3 is 6.03 Å².